The van der Waals surface area contributed by atoms with Gasteiger partial charge in [0.05, 0.1) is 50.7 Å². The van der Waals surface area contributed by atoms with Crippen LogP contribution in [0.5, 0.6) is 28.7 Å². The molecule has 1 radical (unpaired) electrons. The molecule has 2 atom stereocenters. The lowest BCUT2D eigenvalue weighted by atomic mass is 9.64. The number of hydrogen-bond donors (Lipinski definition) is 1. The first-order valence-corrected chi connectivity index (χ1v) is 28.3. The topological polar surface area (TPSA) is 54.4 Å². The Morgan fingerprint density at radius 3 is 1.27 bits per heavy atom. The molecular formula is C75H50BBrN2O4-. The summed E-state index contributed by atoms with van der Waals surface area (Å²) in [5.74, 6) is 4.19. The van der Waals surface area contributed by atoms with E-state index in [9.17, 15) is 0 Å². The molecule has 2 unspecified atom stereocenters. The molecule has 0 amide bonds. The molecule has 6 nitrogen and oxygen atoms in total. The van der Waals surface area contributed by atoms with Crippen LogP contribution in [-0.2, 0) is 10.8 Å². The van der Waals surface area contributed by atoms with Crippen molar-refractivity contribution in [1.29, 1.82) is 0 Å². The fraction of sp³-hybridized carbons (Fsp3) is 0.0267. The predicted molar refractivity (Wildman–Crippen MR) is 339 cm³/mol. The molecule has 0 saturated carbocycles. The smallest absolute Gasteiger partial charge is 0.537 e. The third kappa shape index (κ3) is 7.26. The highest BCUT2D eigenvalue weighted by molar-refractivity contribution is 9.10. The van der Waals surface area contributed by atoms with E-state index in [0.717, 1.165) is 50.2 Å². The lowest BCUT2D eigenvalue weighted by molar-refractivity contribution is 0.454. The SMILES string of the molecule is Brc1ccc2c(c1)C1(c3ccccc3-2)c2ccccc2N2c3ccccc3Oc3cccc1c32.O[B]Oc1ccccc1.[CH3-].c1ccc(-c2ccc3c(c2)C2(c4ccccc4-3)c3ccccc3N3c4ccccc4Oc4cccc2c43)cc1. The van der Waals surface area contributed by atoms with Crippen LogP contribution in [0.15, 0.2) is 284 Å². The molecule has 8 heteroatoms. The van der Waals surface area contributed by atoms with Crippen molar-refractivity contribution in [2.45, 2.75) is 10.8 Å². The monoisotopic (exact) mass is 1130 g/mol. The minimum atomic E-state index is -0.467. The molecule has 12 aromatic rings. The summed E-state index contributed by atoms with van der Waals surface area (Å²) < 4.78 is 18.8. The zero-order valence-corrected chi connectivity index (χ0v) is 46.7. The molecule has 4 aliphatic heterocycles. The molecule has 0 bridgehead atoms. The van der Waals surface area contributed by atoms with E-state index < -0.39 is 10.8 Å². The van der Waals surface area contributed by atoms with Crippen molar-refractivity contribution in [2.75, 3.05) is 9.80 Å². The molecule has 2 spiro atoms. The van der Waals surface area contributed by atoms with Crippen molar-refractivity contribution < 1.29 is 19.2 Å². The van der Waals surface area contributed by atoms with Gasteiger partial charge in [-0.3, -0.25) is 0 Å². The van der Waals surface area contributed by atoms with Crippen LogP contribution in [0.1, 0.15) is 44.5 Å². The summed E-state index contributed by atoms with van der Waals surface area (Å²) >= 11 is 3.78. The van der Waals surface area contributed by atoms with Gasteiger partial charge < -0.3 is 36.4 Å². The summed E-state index contributed by atoms with van der Waals surface area (Å²) in [7, 11) is 0.662. The van der Waals surface area contributed by atoms with Gasteiger partial charge in [-0.05, 0) is 157 Å². The molecule has 4 heterocycles. The van der Waals surface area contributed by atoms with Gasteiger partial charge in [0, 0.05) is 4.47 Å². The number of fused-ring (bicyclic) bond motifs is 22. The van der Waals surface area contributed by atoms with E-state index in [0.29, 0.717) is 13.4 Å². The number of anilines is 6. The Morgan fingerprint density at radius 1 is 0.337 bits per heavy atom. The van der Waals surface area contributed by atoms with E-state index in [-0.39, 0.29) is 7.43 Å². The molecule has 18 rings (SSSR count). The molecule has 0 saturated heterocycles. The highest BCUT2D eigenvalue weighted by atomic mass is 79.9. The van der Waals surface area contributed by atoms with Gasteiger partial charge in [-0.25, -0.2) is 0 Å². The normalized spacial score (nSPS) is 16.2. The molecule has 83 heavy (non-hydrogen) atoms. The van der Waals surface area contributed by atoms with E-state index in [4.69, 9.17) is 14.5 Å². The Hall–Kier alpha value is -9.86. The lowest BCUT2D eigenvalue weighted by Crippen LogP contribution is -2.37. The standard InChI is InChI=1S/C37H23NO.C31H18BrNO.C6H6BO2.CH3/c1-2-11-24(12-3-1)25-21-22-27-26-13-4-5-14-28(26)37(31(27)23-25)29-15-6-7-17-32(29)38-33-18-8-9-19-34(33)39-35-20-10-16-30(37)36(35)38;32-19-16-17-21-20-8-1-2-9-22(20)31(25(21)18-19)23-10-3-4-12-26(23)33-27-13-5-6-14-28(27)34-29-15-7-11-24(31)30(29)33;8-7-9-6-4-2-1-3-5-6;/h1-23H;1-18H;1-5,8H;1H3/q;;;-1. The maximum absolute atomic E-state index is 8.17. The zero-order chi connectivity index (χ0) is 54.5. The molecule has 0 aromatic heterocycles. The van der Waals surface area contributed by atoms with E-state index in [1.807, 2.05) is 30.3 Å². The zero-order valence-electron chi connectivity index (χ0n) is 45.1. The second-order valence-electron chi connectivity index (χ2n) is 21.1. The average molecular weight is 1130 g/mol. The van der Waals surface area contributed by atoms with Crippen molar-refractivity contribution in [3.8, 4) is 62.1 Å². The number of nitrogens with zero attached hydrogens (tertiary/aromatic N) is 2. The van der Waals surface area contributed by atoms with E-state index in [1.54, 1.807) is 12.1 Å². The van der Waals surface area contributed by atoms with E-state index >= 15 is 0 Å². The molecule has 1 N–H and O–H groups in total. The quantitative estimate of drug-likeness (QED) is 0.141. The summed E-state index contributed by atoms with van der Waals surface area (Å²) in [6, 6.07) is 98.8. The Labute approximate surface area is 492 Å². The van der Waals surface area contributed by atoms with Crippen molar-refractivity contribution in [1.82, 2.24) is 0 Å². The van der Waals surface area contributed by atoms with Gasteiger partial charge in [0.1, 0.15) is 0 Å². The summed E-state index contributed by atoms with van der Waals surface area (Å²) in [6.07, 6.45) is 0. The Balaban J connectivity index is 0.000000123. The van der Waals surface area contributed by atoms with Crippen LogP contribution >= 0.6 is 15.9 Å². The Morgan fingerprint density at radius 2 is 0.735 bits per heavy atom. The number of rotatable bonds is 3. The Bertz CT molecular complexity index is 4550. The van der Waals surface area contributed by atoms with Crippen molar-refractivity contribution in [3.05, 3.63) is 335 Å². The minimum Gasteiger partial charge on any atom is -0.537 e. The Kier molecular flexibility index (Phi) is 11.9. The van der Waals surface area contributed by atoms with Crippen LogP contribution in [-0.4, -0.2) is 12.7 Å². The summed E-state index contributed by atoms with van der Waals surface area (Å²) in [5, 5.41) is 8.17. The fourth-order valence-corrected chi connectivity index (χ4v) is 14.4. The van der Waals surface area contributed by atoms with Gasteiger partial charge in [0.2, 0.25) is 0 Å². The number of halogens is 1. The second kappa shape index (κ2) is 19.7. The van der Waals surface area contributed by atoms with Crippen LogP contribution in [0.2, 0.25) is 0 Å². The third-order valence-corrected chi connectivity index (χ3v) is 17.6. The predicted octanol–water partition coefficient (Wildman–Crippen LogP) is 19.3. The first-order valence-electron chi connectivity index (χ1n) is 27.5. The van der Waals surface area contributed by atoms with E-state index in [1.165, 1.54) is 89.3 Å². The molecule has 12 aromatic carbocycles. The van der Waals surface area contributed by atoms with Gasteiger partial charge in [-0.15, -0.1) is 0 Å². The van der Waals surface area contributed by atoms with Crippen LogP contribution in [0.4, 0.5) is 34.1 Å². The van der Waals surface area contributed by atoms with Crippen molar-refractivity contribution in [2.24, 2.45) is 0 Å². The van der Waals surface area contributed by atoms with Crippen LogP contribution in [0, 0.1) is 7.43 Å². The van der Waals surface area contributed by atoms with Crippen LogP contribution in [0.3, 0.4) is 0 Å². The van der Waals surface area contributed by atoms with Gasteiger partial charge in [0.25, 0.3) is 0 Å². The second-order valence-corrected chi connectivity index (χ2v) is 22.0. The molecule has 0 fully saturated rings. The first kappa shape index (κ1) is 50.1. The number of para-hydroxylation sites is 9. The number of hydrogen-bond acceptors (Lipinski definition) is 6. The first-order chi connectivity index (χ1) is 40.6. The van der Waals surface area contributed by atoms with Crippen molar-refractivity contribution in [3.63, 3.8) is 0 Å². The van der Waals surface area contributed by atoms with Crippen molar-refractivity contribution >= 4 is 57.7 Å². The minimum absolute atomic E-state index is 0. The lowest BCUT2D eigenvalue weighted by Gasteiger charge is -2.47. The van der Waals surface area contributed by atoms with Gasteiger partial charge >= 0.3 is 7.69 Å². The highest BCUT2D eigenvalue weighted by Gasteiger charge is 2.55. The molecule has 2 aliphatic carbocycles. The number of benzene rings is 12. The average Bonchev–Trinajstić information content (AvgIpc) is 2.03. The van der Waals surface area contributed by atoms with Crippen LogP contribution < -0.4 is 23.9 Å². The maximum Gasteiger partial charge on any atom is 0.569 e. The van der Waals surface area contributed by atoms with Crippen LogP contribution in [0.25, 0.3) is 33.4 Å². The van der Waals surface area contributed by atoms with Gasteiger partial charge in [-0.2, -0.15) is 0 Å². The van der Waals surface area contributed by atoms with Gasteiger partial charge in [0.15, 0.2) is 23.0 Å². The third-order valence-electron chi connectivity index (χ3n) is 17.1. The largest absolute Gasteiger partial charge is 0.569 e. The molecule has 6 aliphatic rings. The van der Waals surface area contributed by atoms with Gasteiger partial charge in [-0.1, -0.05) is 216 Å². The fourth-order valence-electron chi connectivity index (χ4n) is 14.0. The number of ether oxygens (including phenoxy) is 2. The summed E-state index contributed by atoms with van der Waals surface area (Å²) in [5.41, 5.74) is 23.9. The summed E-state index contributed by atoms with van der Waals surface area (Å²) in [4.78, 5) is 4.80. The highest BCUT2D eigenvalue weighted by Crippen LogP contribution is 2.69. The maximum atomic E-state index is 8.17. The molecular weight excluding hydrogens is 1080 g/mol. The molecule has 395 valence electrons. The summed E-state index contributed by atoms with van der Waals surface area (Å²) in [6.45, 7) is 0. The van der Waals surface area contributed by atoms with E-state index in [2.05, 4.69) is 267 Å².